The molecule has 134 valence electrons. The summed E-state index contributed by atoms with van der Waals surface area (Å²) in [5.41, 5.74) is 1.76. The van der Waals surface area contributed by atoms with Gasteiger partial charge in [0.2, 0.25) is 0 Å². The van der Waals surface area contributed by atoms with Gasteiger partial charge in [-0.2, -0.15) is 0 Å². The van der Waals surface area contributed by atoms with E-state index in [9.17, 15) is 9.59 Å². The van der Waals surface area contributed by atoms with Gasteiger partial charge >= 0.3 is 5.97 Å². The highest BCUT2D eigenvalue weighted by Gasteiger charge is 2.27. The van der Waals surface area contributed by atoms with E-state index >= 15 is 0 Å². The lowest BCUT2D eigenvalue weighted by Gasteiger charge is -2.34. The first-order chi connectivity index (χ1) is 12.1. The second-order valence-electron chi connectivity index (χ2n) is 6.29. The van der Waals surface area contributed by atoms with Crippen molar-refractivity contribution in [2.75, 3.05) is 26.7 Å². The number of fused-ring (bicyclic) bond motifs is 1. The van der Waals surface area contributed by atoms with Crippen LogP contribution in [0.3, 0.4) is 0 Å². The molecule has 3 rings (SSSR count). The van der Waals surface area contributed by atoms with Crippen LogP contribution >= 0.6 is 0 Å². The largest absolute Gasteiger partial charge is 0.465 e. The molecule has 0 unspecified atom stereocenters. The minimum atomic E-state index is -0.410. The van der Waals surface area contributed by atoms with Crippen LogP contribution in [0, 0.1) is 0 Å². The number of H-pyrrole nitrogens is 1. The van der Waals surface area contributed by atoms with Gasteiger partial charge in [0.15, 0.2) is 5.82 Å². The minimum absolute atomic E-state index is 0.0791. The maximum absolute atomic E-state index is 13.0. The van der Waals surface area contributed by atoms with Gasteiger partial charge in [-0.25, -0.2) is 9.78 Å². The average Bonchev–Trinajstić information content (AvgIpc) is 3.09. The molecule has 0 radical (unpaired) electrons. The van der Waals surface area contributed by atoms with Crippen molar-refractivity contribution in [2.24, 2.45) is 0 Å². The summed E-state index contributed by atoms with van der Waals surface area (Å²) in [7, 11) is 1.34. The number of carbonyl (C=O) groups is 2. The number of ether oxygens (including phenoxy) is 1. The fourth-order valence-electron chi connectivity index (χ4n) is 3.30. The molecule has 1 amide bonds. The Morgan fingerprint density at radius 1 is 1.32 bits per heavy atom. The van der Waals surface area contributed by atoms with Crippen LogP contribution in [0.2, 0.25) is 0 Å². The number of hydrogen-bond donors (Lipinski definition) is 2. The molecule has 2 aromatic rings. The molecule has 0 bridgehead atoms. The summed E-state index contributed by atoms with van der Waals surface area (Å²) in [6, 6.07) is 5.29. The number of nitrogens with zero attached hydrogens (tertiary/aromatic N) is 2. The highest BCUT2D eigenvalue weighted by Crippen LogP contribution is 2.19. The monoisotopic (exact) mass is 344 g/mol. The number of hydrogen-bond acceptors (Lipinski definition) is 5. The second kappa shape index (κ2) is 7.65. The van der Waals surface area contributed by atoms with Crippen LogP contribution in [0.25, 0.3) is 11.0 Å². The van der Waals surface area contributed by atoms with Crippen LogP contribution in [-0.4, -0.2) is 59.5 Å². The Balaban J connectivity index is 1.87. The summed E-state index contributed by atoms with van der Waals surface area (Å²) in [6.45, 7) is 4.65. The van der Waals surface area contributed by atoms with Gasteiger partial charge in [0.05, 0.1) is 23.7 Å². The van der Waals surface area contributed by atoms with Crippen molar-refractivity contribution in [1.82, 2.24) is 20.2 Å². The van der Waals surface area contributed by atoms with Crippen LogP contribution in [0.4, 0.5) is 0 Å². The van der Waals surface area contributed by atoms with Crippen molar-refractivity contribution in [3.63, 3.8) is 0 Å². The maximum Gasteiger partial charge on any atom is 0.337 e. The molecule has 0 spiro atoms. The third kappa shape index (κ3) is 3.66. The zero-order chi connectivity index (χ0) is 17.8. The first-order valence-corrected chi connectivity index (χ1v) is 8.73. The topological polar surface area (TPSA) is 87.3 Å². The Morgan fingerprint density at radius 2 is 2.08 bits per heavy atom. The molecule has 2 heterocycles. The second-order valence-corrected chi connectivity index (χ2v) is 6.29. The number of piperidine rings is 1. The summed E-state index contributed by atoms with van der Waals surface area (Å²) in [6.07, 6.45) is 2.82. The Hall–Kier alpha value is -2.41. The molecular weight excluding hydrogens is 320 g/mol. The van der Waals surface area contributed by atoms with Crippen LogP contribution in [0.5, 0.6) is 0 Å². The van der Waals surface area contributed by atoms with E-state index in [0.717, 1.165) is 32.4 Å². The van der Waals surface area contributed by atoms with Gasteiger partial charge in [0.25, 0.3) is 5.91 Å². The van der Waals surface area contributed by atoms with Crippen molar-refractivity contribution in [1.29, 1.82) is 0 Å². The predicted octanol–water partition coefficient (Wildman–Crippen LogP) is 1.95. The van der Waals surface area contributed by atoms with Crippen LogP contribution in [-0.2, 0) is 4.74 Å². The predicted molar refractivity (Wildman–Crippen MR) is 94.7 cm³/mol. The van der Waals surface area contributed by atoms with Crippen LogP contribution in [0.1, 0.15) is 47.2 Å². The molecule has 0 aliphatic carbocycles. The van der Waals surface area contributed by atoms with Gasteiger partial charge in [0.1, 0.15) is 0 Å². The zero-order valence-corrected chi connectivity index (χ0v) is 14.7. The smallest absolute Gasteiger partial charge is 0.337 e. The fraction of sp³-hybridized carbons (Fsp3) is 0.500. The van der Waals surface area contributed by atoms with E-state index in [1.165, 1.54) is 7.11 Å². The van der Waals surface area contributed by atoms with E-state index in [-0.39, 0.29) is 11.9 Å². The fourth-order valence-corrected chi connectivity index (χ4v) is 3.30. The minimum Gasteiger partial charge on any atom is -0.465 e. The third-order valence-corrected chi connectivity index (χ3v) is 4.58. The zero-order valence-electron chi connectivity index (χ0n) is 14.7. The number of nitrogens with one attached hydrogen (secondary N) is 2. The molecule has 7 nitrogen and oxygen atoms in total. The van der Waals surface area contributed by atoms with E-state index in [0.29, 0.717) is 29.0 Å². The third-order valence-electron chi connectivity index (χ3n) is 4.58. The number of amides is 1. The lowest BCUT2D eigenvalue weighted by Crippen LogP contribution is -2.46. The van der Waals surface area contributed by atoms with Crippen molar-refractivity contribution < 1.29 is 14.3 Å². The maximum atomic E-state index is 13.0. The van der Waals surface area contributed by atoms with E-state index in [1.54, 1.807) is 18.2 Å². The molecule has 25 heavy (non-hydrogen) atoms. The first-order valence-electron chi connectivity index (χ1n) is 8.73. The molecule has 1 fully saturated rings. The van der Waals surface area contributed by atoms with Gasteiger partial charge < -0.3 is 19.9 Å². The molecule has 7 heteroatoms. The Morgan fingerprint density at radius 3 is 2.76 bits per heavy atom. The van der Waals surface area contributed by atoms with Gasteiger partial charge in [0, 0.05) is 12.6 Å². The van der Waals surface area contributed by atoms with Crippen molar-refractivity contribution in [3.8, 4) is 0 Å². The summed E-state index contributed by atoms with van der Waals surface area (Å²) in [5, 5.41) is 3.33. The van der Waals surface area contributed by atoms with E-state index in [4.69, 9.17) is 4.74 Å². The molecular formula is C18H24N4O3. The number of benzene rings is 1. The SMILES string of the molecule is CCCN(C(=O)c1nc2ccc(C(=O)OC)cc2[nH]1)C1CCNCC1. The summed E-state index contributed by atoms with van der Waals surface area (Å²) in [4.78, 5) is 34.1. The van der Waals surface area contributed by atoms with E-state index in [2.05, 4.69) is 22.2 Å². The standard InChI is InChI=1S/C18H24N4O3/c1-3-10-22(13-6-8-19-9-7-13)17(23)16-20-14-5-4-12(18(24)25-2)11-15(14)21-16/h4-5,11,13,19H,3,6-10H2,1-2H3,(H,20,21). The van der Waals surface area contributed by atoms with Crippen molar-refractivity contribution in [3.05, 3.63) is 29.6 Å². The Kier molecular flexibility index (Phi) is 5.33. The molecule has 2 N–H and O–H groups in total. The summed E-state index contributed by atoms with van der Waals surface area (Å²) >= 11 is 0. The quantitative estimate of drug-likeness (QED) is 0.810. The molecule has 1 aromatic heterocycles. The lowest BCUT2D eigenvalue weighted by atomic mass is 10.0. The molecule has 0 atom stereocenters. The normalized spacial score (nSPS) is 15.3. The van der Waals surface area contributed by atoms with Crippen molar-refractivity contribution >= 4 is 22.9 Å². The van der Waals surface area contributed by atoms with Crippen LogP contribution < -0.4 is 5.32 Å². The lowest BCUT2D eigenvalue weighted by molar-refractivity contribution is 0.0599. The highest BCUT2D eigenvalue weighted by atomic mass is 16.5. The molecule has 1 saturated heterocycles. The number of carbonyl (C=O) groups excluding carboxylic acids is 2. The number of aromatic nitrogens is 2. The molecule has 0 saturated carbocycles. The number of rotatable bonds is 5. The molecule has 1 aromatic carbocycles. The van der Waals surface area contributed by atoms with Gasteiger partial charge in [-0.1, -0.05) is 6.92 Å². The summed E-state index contributed by atoms with van der Waals surface area (Å²) < 4.78 is 4.73. The van der Waals surface area contributed by atoms with Crippen LogP contribution in [0.15, 0.2) is 18.2 Å². The molecule has 1 aliphatic heterocycles. The van der Waals surface area contributed by atoms with Gasteiger partial charge in [-0.15, -0.1) is 0 Å². The highest BCUT2D eigenvalue weighted by molar-refractivity contribution is 5.97. The Labute approximate surface area is 146 Å². The van der Waals surface area contributed by atoms with E-state index < -0.39 is 5.97 Å². The number of aromatic amines is 1. The van der Waals surface area contributed by atoms with Crippen molar-refractivity contribution in [2.45, 2.75) is 32.2 Å². The number of imidazole rings is 1. The van der Waals surface area contributed by atoms with Gasteiger partial charge in [-0.3, -0.25) is 4.79 Å². The number of methoxy groups -OCH3 is 1. The Bertz CT molecular complexity index is 765. The van der Waals surface area contributed by atoms with E-state index in [1.807, 2.05) is 4.90 Å². The number of esters is 1. The molecule has 1 aliphatic rings. The van der Waals surface area contributed by atoms with Gasteiger partial charge in [-0.05, 0) is 50.6 Å². The first kappa shape index (κ1) is 17.4. The summed E-state index contributed by atoms with van der Waals surface area (Å²) in [5.74, 6) is -0.166. The average molecular weight is 344 g/mol.